The Morgan fingerprint density at radius 3 is 2.04 bits per heavy atom. The second-order valence-electron chi connectivity index (χ2n) is 12.5. The molecule has 11 rings (SSSR count). The summed E-state index contributed by atoms with van der Waals surface area (Å²) < 4.78 is 11.8. The second-order valence-corrected chi connectivity index (χ2v) is 13.6. The Morgan fingerprint density at radius 1 is 0.490 bits per heavy atom. The highest BCUT2D eigenvalue weighted by atomic mass is 32.1. The molecule has 0 fully saturated rings. The molecule has 0 radical (unpaired) electrons. The molecule has 0 atom stereocenters. The molecule has 4 nitrogen and oxygen atoms in total. The minimum atomic E-state index is 0.654. The molecule has 0 bridgehead atoms. The molecular formula is C44H25N3OS. The van der Waals surface area contributed by atoms with Gasteiger partial charge in [0.1, 0.15) is 5.58 Å². The van der Waals surface area contributed by atoms with Gasteiger partial charge in [-0.1, -0.05) is 109 Å². The van der Waals surface area contributed by atoms with E-state index >= 15 is 0 Å². The zero-order valence-corrected chi connectivity index (χ0v) is 26.9. The van der Waals surface area contributed by atoms with Gasteiger partial charge in [-0.15, -0.1) is 11.3 Å². The largest absolute Gasteiger partial charge is 0.453 e. The third-order valence-electron chi connectivity index (χ3n) is 9.81. The van der Waals surface area contributed by atoms with Crippen molar-refractivity contribution in [3.63, 3.8) is 0 Å². The van der Waals surface area contributed by atoms with Gasteiger partial charge in [0.15, 0.2) is 11.4 Å². The predicted octanol–water partition coefficient (Wildman–Crippen LogP) is 12.3. The summed E-state index contributed by atoms with van der Waals surface area (Å²) in [5, 5.41) is 7.98. The lowest BCUT2D eigenvalue weighted by Crippen LogP contribution is -1.95. The first-order valence-corrected chi connectivity index (χ1v) is 17.2. The van der Waals surface area contributed by atoms with E-state index in [4.69, 9.17) is 14.4 Å². The second kappa shape index (κ2) is 10.1. The topological polar surface area (TPSA) is 43.9 Å². The fourth-order valence-corrected chi connectivity index (χ4v) is 8.83. The Bertz CT molecular complexity index is 3100. The van der Waals surface area contributed by atoms with E-state index in [-0.39, 0.29) is 0 Å². The van der Waals surface area contributed by atoms with Crippen molar-refractivity contribution in [2.75, 3.05) is 0 Å². The van der Waals surface area contributed by atoms with Crippen molar-refractivity contribution in [3.8, 4) is 28.3 Å². The van der Waals surface area contributed by atoms with E-state index in [2.05, 4.69) is 150 Å². The molecule has 0 saturated carbocycles. The normalized spacial score (nSPS) is 12.1. The van der Waals surface area contributed by atoms with E-state index in [0.29, 0.717) is 5.82 Å². The Balaban J connectivity index is 1.25. The SMILES string of the molecule is c1ccc(-c2nc(-c3cccc4c3oc3c4ccc4c5ccccc5n(-c5ccccc5)c43)nc3c2ccc2c4ccccc4sc23)cc1. The monoisotopic (exact) mass is 643 g/mol. The minimum Gasteiger partial charge on any atom is -0.453 e. The summed E-state index contributed by atoms with van der Waals surface area (Å²) in [6.45, 7) is 0. The first kappa shape index (κ1) is 26.7. The summed E-state index contributed by atoms with van der Waals surface area (Å²) in [6.07, 6.45) is 0. The Morgan fingerprint density at radius 2 is 1.16 bits per heavy atom. The number of benzene rings is 7. The van der Waals surface area contributed by atoms with Gasteiger partial charge in [0.25, 0.3) is 0 Å². The summed E-state index contributed by atoms with van der Waals surface area (Å²) in [6, 6.07) is 53.3. The van der Waals surface area contributed by atoms with E-state index in [0.717, 1.165) is 71.8 Å². The van der Waals surface area contributed by atoms with Gasteiger partial charge < -0.3 is 8.98 Å². The van der Waals surface area contributed by atoms with Gasteiger partial charge in [0.2, 0.25) is 0 Å². The summed E-state index contributed by atoms with van der Waals surface area (Å²) in [5.41, 5.74) is 8.76. The summed E-state index contributed by atoms with van der Waals surface area (Å²) in [7, 11) is 0. The van der Waals surface area contributed by atoms with Crippen molar-refractivity contribution in [1.82, 2.24) is 14.5 Å². The Labute approximate surface area is 284 Å². The molecule has 4 heterocycles. The van der Waals surface area contributed by atoms with Crippen LogP contribution >= 0.6 is 11.3 Å². The van der Waals surface area contributed by atoms with Crippen LogP contribution in [0.1, 0.15) is 0 Å². The van der Waals surface area contributed by atoms with Crippen molar-refractivity contribution in [1.29, 1.82) is 0 Å². The van der Waals surface area contributed by atoms with Gasteiger partial charge in [-0.3, -0.25) is 0 Å². The van der Waals surface area contributed by atoms with Crippen LogP contribution < -0.4 is 0 Å². The molecule has 5 heteroatoms. The summed E-state index contributed by atoms with van der Waals surface area (Å²) in [4.78, 5) is 10.7. The zero-order valence-electron chi connectivity index (χ0n) is 26.1. The maximum Gasteiger partial charge on any atom is 0.164 e. The molecule has 0 amide bonds. The zero-order chi connectivity index (χ0) is 32.1. The maximum atomic E-state index is 7.04. The van der Waals surface area contributed by atoms with Gasteiger partial charge in [-0.2, -0.15) is 0 Å². The van der Waals surface area contributed by atoms with Crippen molar-refractivity contribution in [3.05, 3.63) is 152 Å². The van der Waals surface area contributed by atoms with Crippen LogP contribution in [0.3, 0.4) is 0 Å². The highest BCUT2D eigenvalue weighted by Crippen LogP contribution is 2.44. The van der Waals surface area contributed by atoms with Crippen LogP contribution in [-0.2, 0) is 0 Å². The number of nitrogens with zero attached hydrogens (tertiary/aromatic N) is 3. The number of thiophene rings is 1. The summed E-state index contributed by atoms with van der Waals surface area (Å²) in [5.74, 6) is 0.654. The molecule has 0 aliphatic rings. The predicted molar refractivity (Wildman–Crippen MR) is 205 cm³/mol. The van der Waals surface area contributed by atoms with Crippen LogP contribution in [0, 0.1) is 0 Å². The first-order valence-electron chi connectivity index (χ1n) is 16.4. The molecule has 7 aromatic carbocycles. The molecule has 49 heavy (non-hydrogen) atoms. The van der Waals surface area contributed by atoms with Crippen molar-refractivity contribution in [2.45, 2.75) is 0 Å². The number of furan rings is 1. The average Bonchev–Trinajstić information content (AvgIpc) is 3.85. The fourth-order valence-electron chi connectivity index (χ4n) is 7.64. The van der Waals surface area contributed by atoms with Crippen LogP contribution in [-0.4, -0.2) is 14.5 Å². The van der Waals surface area contributed by atoms with Gasteiger partial charge >= 0.3 is 0 Å². The fraction of sp³-hybridized carbons (Fsp3) is 0. The number of aromatic nitrogens is 3. The van der Waals surface area contributed by atoms with Crippen LogP contribution in [0.4, 0.5) is 0 Å². The molecule has 228 valence electrons. The van der Waals surface area contributed by atoms with Crippen molar-refractivity contribution >= 4 is 86.2 Å². The van der Waals surface area contributed by atoms with Gasteiger partial charge in [0.05, 0.1) is 32.5 Å². The van der Waals surface area contributed by atoms with Crippen LogP contribution in [0.5, 0.6) is 0 Å². The Kier molecular flexibility index (Phi) is 5.51. The van der Waals surface area contributed by atoms with E-state index in [9.17, 15) is 0 Å². The number of rotatable bonds is 3. The van der Waals surface area contributed by atoms with Gasteiger partial charge in [-0.05, 0) is 42.5 Å². The van der Waals surface area contributed by atoms with Crippen molar-refractivity contribution < 1.29 is 4.42 Å². The highest BCUT2D eigenvalue weighted by Gasteiger charge is 2.22. The van der Waals surface area contributed by atoms with E-state index < -0.39 is 0 Å². The molecule has 0 aliphatic carbocycles. The minimum absolute atomic E-state index is 0.654. The van der Waals surface area contributed by atoms with E-state index in [1.54, 1.807) is 11.3 Å². The average molecular weight is 644 g/mol. The highest BCUT2D eigenvalue weighted by molar-refractivity contribution is 7.26. The molecule has 0 spiro atoms. The standard InChI is InChI=1S/C44H25N3OS/c1-3-12-26(13-4-1)38-34-25-24-33-29-17-8-10-21-37(29)49-43(33)39(34)46-44(45-38)35-19-11-18-31-32-23-22-30-28-16-7-9-20-36(28)47(27-14-5-2-6-15-27)40(30)42(32)48-41(31)35/h1-25H. The Hall–Kier alpha value is -6.30. The quantitative estimate of drug-likeness (QED) is 0.192. The van der Waals surface area contributed by atoms with Crippen LogP contribution in [0.15, 0.2) is 156 Å². The third kappa shape index (κ3) is 3.79. The molecule has 0 unspecified atom stereocenters. The number of para-hydroxylation sites is 3. The molecule has 0 aliphatic heterocycles. The first-order chi connectivity index (χ1) is 24.3. The van der Waals surface area contributed by atoms with Crippen molar-refractivity contribution in [2.24, 2.45) is 0 Å². The lowest BCUT2D eigenvalue weighted by atomic mass is 10.0. The number of hydrogen-bond acceptors (Lipinski definition) is 4. The molecule has 0 N–H and O–H groups in total. The van der Waals surface area contributed by atoms with E-state index in [1.165, 1.54) is 25.6 Å². The number of fused-ring (bicyclic) bond motifs is 12. The molecule has 11 aromatic rings. The van der Waals surface area contributed by atoms with E-state index in [1.807, 2.05) is 6.07 Å². The van der Waals surface area contributed by atoms with Gasteiger partial charge in [0, 0.05) is 53.7 Å². The number of hydrogen-bond donors (Lipinski definition) is 0. The maximum absolute atomic E-state index is 7.04. The lowest BCUT2D eigenvalue weighted by Gasteiger charge is -2.10. The van der Waals surface area contributed by atoms with Crippen LogP contribution in [0.25, 0.3) is 103 Å². The smallest absolute Gasteiger partial charge is 0.164 e. The summed E-state index contributed by atoms with van der Waals surface area (Å²) >= 11 is 1.79. The lowest BCUT2D eigenvalue weighted by molar-refractivity contribution is 0.671. The third-order valence-corrected chi connectivity index (χ3v) is 11.0. The molecule has 4 aromatic heterocycles. The molecule has 0 saturated heterocycles. The van der Waals surface area contributed by atoms with Crippen LogP contribution in [0.2, 0.25) is 0 Å². The molecular weight excluding hydrogens is 619 g/mol. The van der Waals surface area contributed by atoms with Gasteiger partial charge in [-0.25, -0.2) is 9.97 Å².